The molecule has 2 aliphatic heterocycles. The zero-order valence-corrected chi connectivity index (χ0v) is 14.2. The van der Waals surface area contributed by atoms with Gasteiger partial charge in [-0.25, -0.2) is 4.79 Å². The van der Waals surface area contributed by atoms with Crippen molar-refractivity contribution in [3.63, 3.8) is 0 Å². The number of anilines is 1. The SMILES string of the molecule is C=CC(=O)NC[C@H]1CN(c2ccc3c(c2)-n2cccc2COC3)C(=O)O1. The van der Waals surface area contributed by atoms with E-state index in [-0.39, 0.29) is 12.5 Å². The number of fused-ring (bicyclic) bond motifs is 3. The summed E-state index contributed by atoms with van der Waals surface area (Å²) in [5.41, 5.74) is 3.88. The summed E-state index contributed by atoms with van der Waals surface area (Å²) in [7, 11) is 0. The molecule has 1 atom stereocenters. The van der Waals surface area contributed by atoms with E-state index in [4.69, 9.17) is 9.47 Å². The second kappa shape index (κ2) is 6.68. The molecule has 0 bridgehead atoms. The van der Waals surface area contributed by atoms with Crippen molar-refractivity contribution in [2.24, 2.45) is 0 Å². The predicted molar refractivity (Wildman–Crippen MR) is 95.1 cm³/mol. The molecule has 7 heteroatoms. The fourth-order valence-corrected chi connectivity index (χ4v) is 3.23. The number of carbonyl (C=O) groups is 2. The van der Waals surface area contributed by atoms with Gasteiger partial charge in [0.15, 0.2) is 0 Å². The molecule has 0 radical (unpaired) electrons. The third kappa shape index (κ3) is 2.97. The molecular formula is C19H19N3O4. The van der Waals surface area contributed by atoms with Crippen molar-refractivity contribution >= 4 is 17.7 Å². The van der Waals surface area contributed by atoms with Crippen LogP contribution in [0.15, 0.2) is 49.2 Å². The summed E-state index contributed by atoms with van der Waals surface area (Å²) in [6.45, 7) is 5.11. The van der Waals surface area contributed by atoms with Crippen LogP contribution in [0.2, 0.25) is 0 Å². The quantitative estimate of drug-likeness (QED) is 0.855. The Morgan fingerprint density at radius 2 is 2.23 bits per heavy atom. The number of amides is 2. The van der Waals surface area contributed by atoms with Crippen molar-refractivity contribution in [1.29, 1.82) is 0 Å². The first-order chi connectivity index (χ1) is 12.7. The maximum Gasteiger partial charge on any atom is 0.414 e. The number of benzene rings is 1. The number of carbonyl (C=O) groups excluding carboxylic acids is 2. The first-order valence-corrected chi connectivity index (χ1v) is 8.41. The molecule has 0 unspecified atom stereocenters. The fraction of sp³-hybridized carbons (Fsp3) is 0.263. The summed E-state index contributed by atoms with van der Waals surface area (Å²) < 4.78 is 13.1. The topological polar surface area (TPSA) is 72.8 Å². The lowest BCUT2D eigenvalue weighted by Crippen LogP contribution is -2.33. The van der Waals surface area contributed by atoms with Gasteiger partial charge in [-0.15, -0.1) is 0 Å². The van der Waals surface area contributed by atoms with E-state index in [0.29, 0.717) is 19.8 Å². The summed E-state index contributed by atoms with van der Waals surface area (Å²) in [5, 5.41) is 2.65. The van der Waals surface area contributed by atoms with Gasteiger partial charge < -0.3 is 19.4 Å². The van der Waals surface area contributed by atoms with Gasteiger partial charge in [0.1, 0.15) is 6.10 Å². The largest absolute Gasteiger partial charge is 0.442 e. The summed E-state index contributed by atoms with van der Waals surface area (Å²) in [6.07, 6.45) is 2.37. The number of rotatable bonds is 4. The molecule has 1 aromatic heterocycles. The van der Waals surface area contributed by atoms with Crippen LogP contribution < -0.4 is 10.2 Å². The Morgan fingerprint density at radius 1 is 1.35 bits per heavy atom. The average molecular weight is 353 g/mol. The van der Waals surface area contributed by atoms with Crippen LogP contribution in [0.5, 0.6) is 0 Å². The highest BCUT2D eigenvalue weighted by atomic mass is 16.6. The van der Waals surface area contributed by atoms with Crippen molar-refractivity contribution in [2.45, 2.75) is 19.3 Å². The van der Waals surface area contributed by atoms with Crippen molar-refractivity contribution in [1.82, 2.24) is 9.88 Å². The molecule has 1 fully saturated rings. The second-order valence-corrected chi connectivity index (χ2v) is 6.24. The fourth-order valence-electron chi connectivity index (χ4n) is 3.23. The Hall–Kier alpha value is -3.06. The summed E-state index contributed by atoms with van der Waals surface area (Å²) in [4.78, 5) is 25.1. The van der Waals surface area contributed by atoms with Gasteiger partial charge in [0, 0.05) is 23.1 Å². The van der Waals surface area contributed by atoms with Gasteiger partial charge in [0.25, 0.3) is 0 Å². The molecule has 26 heavy (non-hydrogen) atoms. The zero-order valence-electron chi connectivity index (χ0n) is 14.2. The number of cyclic esters (lactones) is 1. The summed E-state index contributed by atoms with van der Waals surface area (Å²) in [6, 6.07) is 9.83. The number of nitrogens with one attached hydrogen (secondary N) is 1. The molecular weight excluding hydrogens is 334 g/mol. The lowest BCUT2D eigenvalue weighted by atomic mass is 10.1. The van der Waals surface area contributed by atoms with Gasteiger partial charge in [-0.2, -0.15) is 0 Å². The molecule has 2 aliphatic rings. The third-order valence-corrected chi connectivity index (χ3v) is 4.54. The van der Waals surface area contributed by atoms with Crippen LogP contribution in [0.3, 0.4) is 0 Å². The van der Waals surface area contributed by atoms with Gasteiger partial charge in [0.2, 0.25) is 5.91 Å². The lowest BCUT2D eigenvalue weighted by molar-refractivity contribution is -0.116. The monoisotopic (exact) mass is 353 g/mol. The number of ether oxygens (including phenoxy) is 2. The Labute approximate surface area is 150 Å². The van der Waals surface area contributed by atoms with Crippen LogP contribution >= 0.6 is 0 Å². The third-order valence-electron chi connectivity index (χ3n) is 4.54. The molecule has 2 aromatic rings. The predicted octanol–water partition coefficient (Wildman–Crippen LogP) is 2.13. The molecule has 1 aromatic carbocycles. The lowest BCUT2D eigenvalue weighted by Gasteiger charge is -2.17. The van der Waals surface area contributed by atoms with Crippen molar-refractivity contribution in [3.05, 3.63) is 60.4 Å². The first-order valence-electron chi connectivity index (χ1n) is 8.41. The maximum absolute atomic E-state index is 12.3. The van der Waals surface area contributed by atoms with Gasteiger partial charge >= 0.3 is 6.09 Å². The number of aromatic nitrogens is 1. The van der Waals surface area contributed by atoms with Gasteiger partial charge in [0.05, 0.1) is 32.0 Å². The molecule has 134 valence electrons. The highest BCUT2D eigenvalue weighted by Gasteiger charge is 2.33. The molecule has 0 spiro atoms. The minimum atomic E-state index is -0.416. The first kappa shape index (κ1) is 16.4. The standard InChI is InChI=1S/C19H19N3O4/c1-2-18(23)20-9-16-10-22(19(24)26-16)14-6-5-13-11-25-12-15-4-3-7-21(15)17(13)8-14/h2-8,16H,1,9-12H2,(H,20,23)/t16-/m0/s1. The van der Waals surface area contributed by atoms with Crippen molar-refractivity contribution < 1.29 is 19.1 Å². The molecule has 1 saturated heterocycles. The minimum absolute atomic E-state index is 0.258. The number of nitrogens with zero attached hydrogens (tertiary/aromatic N) is 2. The molecule has 0 aliphatic carbocycles. The van der Waals surface area contributed by atoms with E-state index in [2.05, 4.69) is 16.5 Å². The zero-order chi connectivity index (χ0) is 18.1. The van der Waals surface area contributed by atoms with Crippen LogP contribution in [0.4, 0.5) is 10.5 Å². The van der Waals surface area contributed by atoms with Crippen LogP contribution in [0.1, 0.15) is 11.3 Å². The van der Waals surface area contributed by atoms with E-state index < -0.39 is 12.2 Å². The number of hydrogen-bond acceptors (Lipinski definition) is 4. The van der Waals surface area contributed by atoms with Crippen LogP contribution in [0.25, 0.3) is 5.69 Å². The van der Waals surface area contributed by atoms with E-state index in [1.54, 1.807) is 4.90 Å². The second-order valence-electron chi connectivity index (χ2n) is 6.24. The van der Waals surface area contributed by atoms with Crippen molar-refractivity contribution in [3.8, 4) is 5.69 Å². The van der Waals surface area contributed by atoms with E-state index in [1.807, 2.05) is 36.5 Å². The van der Waals surface area contributed by atoms with E-state index >= 15 is 0 Å². The molecule has 3 heterocycles. The molecule has 4 rings (SSSR count). The van der Waals surface area contributed by atoms with E-state index in [1.165, 1.54) is 6.08 Å². The number of hydrogen-bond donors (Lipinski definition) is 1. The Kier molecular flexibility index (Phi) is 4.22. The van der Waals surface area contributed by atoms with Gasteiger partial charge in [-0.1, -0.05) is 12.6 Å². The minimum Gasteiger partial charge on any atom is -0.442 e. The Morgan fingerprint density at radius 3 is 3.08 bits per heavy atom. The Bertz CT molecular complexity index is 873. The van der Waals surface area contributed by atoms with Crippen LogP contribution in [0, 0.1) is 0 Å². The highest BCUT2D eigenvalue weighted by molar-refractivity contribution is 5.90. The normalized spacial score (nSPS) is 18.5. The highest BCUT2D eigenvalue weighted by Crippen LogP contribution is 2.29. The van der Waals surface area contributed by atoms with Crippen LogP contribution in [-0.2, 0) is 27.5 Å². The summed E-state index contributed by atoms with van der Waals surface area (Å²) in [5.74, 6) is -0.287. The van der Waals surface area contributed by atoms with E-state index in [9.17, 15) is 9.59 Å². The molecule has 7 nitrogen and oxygen atoms in total. The van der Waals surface area contributed by atoms with Gasteiger partial charge in [-0.3, -0.25) is 9.69 Å². The van der Waals surface area contributed by atoms with Gasteiger partial charge in [-0.05, 0) is 30.3 Å². The smallest absolute Gasteiger partial charge is 0.414 e. The van der Waals surface area contributed by atoms with E-state index in [0.717, 1.165) is 22.6 Å². The van der Waals surface area contributed by atoms with Crippen molar-refractivity contribution in [2.75, 3.05) is 18.0 Å². The maximum atomic E-state index is 12.3. The van der Waals surface area contributed by atoms with Crippen LogP contribution in [-0.4, -0.2) is 35.8 Å². The molecule has 0 saturated carbocycles. The summed E-state index contributed by atoms with van der Waals surface area (Å²) >= 11 is 0. The average Bonchev–Trinajstić information content (AvgIpc) is 3.22. The molecule has 1 N–H and O–H groups in total. The molecule has 2 amide bonds. The Balaban J connectivity index is 1.57.